The average Bonchev–Trinajstić information content (AvgIpc) is 2.79. The number of carbonyl (C=O) groups is 1. The SMILES string of the molecule is Cn1c(CNC(=O)[C@@H](N)CO)nc2cc(C(F)(F)F)ccc21. The summed E-state index contributed by atoms with van der Waals surface area (Å²) in [6, 6.07) is 2.22. The van der Waals surface area contributed by atoms with Gasteiger partial charge in [-0.3, -0.25) is 4.79 Å². The number of amides is 1. The molecule has 22 heavy (non-hydrogen) atoms. The molecule has 1 heterocycles. The van der Waals surface area contributed by atoms with Gasteiger partial charge in [0.15, 0.2) is 0 Å². The summed E-state index contributed by atoms with van der Waals surface area (Å²) in [7, 11) is 1.63. The van der Waals surface area contributed by atoms with E-state index < -0.39 is 30.3 Å². The van der Waals surface area contributed by atoms with Crippen molar-refractivity contribution >= 4 is 16.9 Å². The summed E-state index contributed by atoms with van der Waals surface area (Å²) in [6.45, 7) is -0.498. The molecule has 0 aliphatic heterocycles. The highest BCUT2D eigenvalue weighted by molar-refractivity contribution is 5.81. The Morgan fingerprint density at radius 3 is 2.77 bits per heavy atom. The predicted octanol–water partition coefficient (Wildman–Crippen LogP) is 0.528. The maximum absolute atomic E-state index is 12.7. The van der Waals surface area contributed by atoms with E-state index in [0.29, 0.717) is 11.3 Å². The number of nitrogens with zero attached hydrogens (tertiary/aromatic N) is 2. The molecule has 9 heteroatoms. The normalized spacial score (nSPS) is 13.4. The molecule has 1 atom stereocenters. The Morgan fingerprint density at radius 1 is 1.50 bits per heavy atom. The number of benzene rings is 1. The van der Waals surface area contributed by atoms with E-state index in [4.69, 9.17) is 10.8 Å². The van der Waals surface area contributed by atoms with E-state index in [1.807, 2.05) is 0 Å². The fraction of sp³-hybridized carbons (Fsp3) is 0.385. The summed E-state index contributed by atoms with van der Waals surface area (Å²) < 4.78 is 39.6. The van der Waals surface area contributed by atoms with Gasteiger partial charge in [0.1, 0.15) is 11.9 Å². The summed E-state index contributed by atoms with van der Waals surface area (Å²) in [5.74, 6) is -0.182. The predicted molar refractivity (Wildman–Crippen MR) is 72.6 cm³/mol. The highest BCUT2D eigenvalue weighted by atomic mass is 19.4. The number of aliphatic hydroxyl groups excluding tert-OH is 1. The van der Waals surface area contributed by atoms with Gasteiger partial charge < -0.3 is 20.7 Å². The number of rotatable bonds is 4. The number of hydrogen-bond acceptors (Lipinski definition) is 4. The van der Waals surface area contributed by atoms with Crippen LogP contribution in [-0.2, 0) is 24.6 Å². The minimum Gasteiger partial charge on any atom is -0.394 e. The lowest BCUT2D eigenvalue weighted by atomic mass is 10.2. The molecule has 0 bridgehead atoms. The van der Waals surface area contributed by atoms with E-state index in [-0.39, 0.29) is 12.1 Å². The first-order valence-corrected chi connectivity index (χ1v) is 6.40. The zero-order chi connectivity index (χ0) is 16.5. The van der Waals surface area contributed by atoms with Gasteiger partial charge >= 0.3 is 6.18 Å². The number of hydrogen-bond donors (Lipinski definition) is 3. The van der Waals surface area contributed by atoms with Crippen molar-refractivity contribution < 1.29 is 23.1 Å². The summed E-state index contributed by atoms with van der Waals surface area (Å²) in [4.78, 5) is 15.6. The first kappa shape index (κ1) is 16.2. The van der Waals surface area contributed by atoms with Crippen molar-refractivity contribution in [1.82, 2.24) is 14.9 Å². The second-order valence-corrected chi connectivity index (χ2v) is 4.80. The number of imidazole rings is 1. The second kappa shape index (κ2) is 5.93. The molecule has 0 fully saturated rings. The lowest BCUT2D eigenvalue weighted by molar-refractivity contribution is -0.137. The number of alkyl halides is 3. The molecule has 0 radical (unpaired) electrons. The first-order valence-electron chi connectivity index (χ1n) is 6.40. The van der Waals surface area contributed by atoms with Crippen molar-refractivity contribution in [2.45, 2.75) is 18.8 Å². The molecule has 2 rings (SSSR count). The number of fused-ring (bicyclic) bond motifs is 1. The van der Waals surface area contributed by atoms with Crippen LogP contribution in [0.5, 0.6) is 0 Å². The third-order valence-electron chi connectivity index (χ3n) is 3.25. The minimum absolute atomic E-state index is 0.000928. The molecule has 120 valence electrons. The van der Waals surface area contributed by atoms with E-state index in [1.165, 1.54) is 6.07 Å². The Hall–Kier alpha value is -2.13. The van der Waals surface area contributed by atoms with E-state index in [0.717, 1.165) is 12.1 Å². The van der Waals surface area contributed by atoms with Crippen molar-refractivity contribution in [2.24, 2.45) is 12.8 Å². The van der Waals surface area contributed by atoms with Gasteiger partial charge in [-0.15, -0.1) is 0 Å². The zero-order valence-electron chi connectivity index (χ0n) is 11.7. The first-order chi connectivity index (χ1) is 10.2. The largest absolute Gasteiger partial charge is 0.416 e. The molecule has 0 unspecified atom stereocenters. The number of aryl methyl sites for hydroxylation is 1. The summed E-state index contributed by atoms with van der Waals surface area (Å²) in [5.41, 5.74) is 5.27. The van der Waals surface area contributed by atoms with Crippen LogP contribution >= 0.6 is 0 Å². The quantitative estimate of drug-likeness (QED) is 0.767. The van der Waals surface area contributed by atoms with Gasteiger partial charge in [0.2, 0.25) is 5.91 Å². The van der Waals surface area contributed by atoms with Gasteiger partial charge in [0.25, 0.3) is 0 Å². The molecule has 2 aromatic rings. The van der Waals surface area contributed by atoms with Crippen LogP contribution in [0.25, 0.3) is 11.0 Å². The minimum atomic E-state index is -4.44. The second-order valence-electron chi connectivity index (χ2n) is 4.80. The summed E-state index contributed by atoms with van der Waals surface area (Å²) in [6.07, 6.45) is -4.44. The van der Waals surface area contributed by atoms with Crippen LogP contribution in [0, 0.1) is 0 Å². The van der Waals surface area contributed by atoms with Gasteiger partial charge in [0.05, 0.1) is 29.7 Å². The van der Waals surface area contributed by atoms with Gasteiger partial charge in [-0.25, -0.2) is 4.98 Å². The number of nitrogens with one attached hydrogen (secondary N) is 1. The molecular formula is C13H15F3N4O2. The lowest BCUT2D eigenvalue weighted by Gasteiger charge is -2.09. The van der Waals surface area contributed by atoms with Crippen LogP contribution in [0.1, 0.15) is 11.4 Å². The van der Waals surface area contributed by atoms with Crippen LogP contribution in [0.4, 0.5) is 13.2 Å². The van der Waals surface area contributed by atoms with Gasteiger partial charge in [-0.1, -0.05) is 0 Å². The Labute approximate surface area is 123 Å². The van der Waals surface area contributed by atoms with Crippen molar-refractivity contribution in [3.05, 3.63) is 29.6 Å². The molecule has 4 N–H and O–H groups in total. The van der Waals surface area contributed by atoms with Crippen molar-refractivity contribution in [1.29, 1.82) is 0 Å². The van der Waals surface area contributed by atoms with Crippen molar-refractivity contribution in [2.75, 3.05) is 6.61 Å². The Balaban J connectivity index is 2.25. The summed E-state index contributed by atoms with van der Waals surface area (Å²) in [5, 5.41) is 11.2. The maximum Gasteiger partial charge on any atom is 0.416 e. The van der Waals surface area contributed by atoms with E-state index >= 15 is 0 Å². The molecule has 0 saturated heterocycles. The lowest BCUT2D eigenvalue weighted by Crippen LogP contribution is -2.42. The number of halogens is 3. The van der Waals surface area contributed by atoms with Crippen LogP contribution < -0.4 is 11.1 Å². The third-order valence-corrected chi connectivity index (χ3v) is 3.25. The Kier molecular flexibility index (Phi) is 4.38. The fourth-order valence-electron chi connectivity index (χ4n) is 1.96. The molecule has 1 aromatic heterocycles. The fourth-order valence-corrected chi connectivity index (χ4v) is 1.96. The van der Waals surface area contributed by atoms with Crippen LogP contribution in [-0.4, -0.2) is 33.2 Å². The number of aromatic nitrogens is 2. The van der Waals surface area contributed by atoms with Gasteiger partial charge in [-0.2, -0.15) is 13.2 Å². The number of nitrogens with two attached hydrogens (primary N) is 1. The van der Waals surface area contributed by atoms with E-state index in [9.17, 15) is 18.0 Å². The monoisotopic (exact) mass is 316 g/mol. The number of aliphatic hydroxyl groups is 1. The standard InChI is InChI=1S/C13H15F3N4O2/c1-20-10-3-2-7(13(14,15)16)4-9(10)19-11(20)5-18-12(22)8(17)6-21/h2-4,8,21H,5-6,17H2,1H3,(H,18,22)/t8-/m0/s1. The highest BCUT2D eigenvalue weighted by Crippen LogP contribution is 2.31. The van der Waals surface area contributed by atoms with Gasteiger partial charge in [-0.05, 0) is 18.2 Å². The molecule has 0 aliphatic carbocycles. The Morgan fingerprint density at radius 2 is 2.18 bits per heavy atom. The smallest absolute Gasteiger partial charge is 0.394 e. The van der Waals surface area contributed by atoms with Crippen molar-refractivity contribution in [3.8, 4) is 0 Å². The summed E-state index contributed by atoms with van der Waals surface area (Å²) >= 11 is 0. The van der Waals surface area contributed by atoms with Crippen LogP contribution in [0.2, 0.25) is 0 Å². The molecular weight excluding hydrogens is 301 g/mol. The molecule has 6 nitrogen and oxygen atoms in total. The third kappa shape index (κ3) is 3.20. The van der Waals surface area contributed by atoms with Crippen LogP contribution in [0.15, 0.2) is 18.2 Å². The molecule has 0 saturated carbocycles. The maximum atomic E-state index is 12.7. The average molecular weight is 316 g/mol. The van der Waals surface area contributed by atoms with E-state index in [1.54, 1.807) is 11.6 Å². The number of carbonyl (C=O) groups excluding carboxylic acids is 1. The van der Waals surface area contributed by atoms with Crippen molar-refractivity contribution in [3.63, 3.8) is 0 Å². The molecule has 1 aromatic carbocycles. The topological polar surface area (TPSA) is 93.2 Å². The zero-order valence-corrected chi connectivity index (χ0v) is 11.7. The highest BCUT2D eigenvalue weighted by Gasteiger charge is 2.31. The van der Waals surface area contributed by atoms with Gasteiger partial charge in [0, 0.05) is 7.05 Å². The molecule has 0 spiro atoms. The Bertz CT molecular complexity index is 696. The molecule has 0 aliphatic rings. The molecule has 1 amide bonds. The van der Waals surface area contributed by atoms with Crippen LogP contribution in [0.3, 0.4) is 0 Å². The van der Waals surface area contributed by atoms with E-state index in [2.05, 4.69) is 10.3 Å².